The molecular formula is C14H30O3. The van der Waals surface area contributed by atoms with Crippen molar-refractivity contribution in [1.29, 1.82) is 0 Å². The van der Waals surface area contributed by atoms with Crippen LogP contribution >= 0.6 is 0 Å². The highest BCUT2D eigenvalue weighted by Gasteiger charge is 2.06. The third-order valence-electron chi connectivity index (χ3n) is 3.16. The van der Waals surface area contributed by atoms with Gasteiger partial charge in [0.15, 0.2) is 0 Å². The summed E-state index contributed by atoms with van der Waals surface area (Å²) in [6.45, 7) is 2.35. The van der Waals surface area contributed by atoms with Crippen molar-refractivity contribution in [3.8, 4) is 0 Å². The molecule has 0 aromatic carbocycles. The molecule has 0 heterocycles. The minimum absolute atomic E-state index is 0.151. The maximum absolute atomic E-state index is 9.64. The highest BCUT2D eigenvalue weighted by molar-refractivity contribution is 4.60. The van der Waals surface area contributed by atoms with Crippen LogP contribution in [-0.4, -0.2) is 34.1 Å². The molecule has 0 spiro atoms. The van der Waals surface area contributed by atoms with Gasteiger partial charge in [-0.1, -0.05) is 32.6 Å². The van der Waals surface area contributed by atoms with Crippen molar-refractivity contribution < 1.29 is 15.3 Å². The van der Waals surface area contributed by atoms with Gasteiger partial charge in [0.2, 0.25) is 0 Å². The van der Waals surface area contributed by atoms with E-state index in [1.165, 1.54) is 0 Å². The first-order valence-electron chi connectivity index (χ1n) is 7.17. The fourth-order valence-corrected chi connectivity index (χ4v) is 1.98. The molecule has 0 aliphatic heterocycles. The first-order chi connectivity index (χ1) is 8.20. The van der Waals surface area contributed by atoms with Crippen LogP contribution in [0.2, 0.25) is 0 Å². The number of aliphatic hydroxyl groups is 3. The van der Waals surface area contributed by atoms with Crippen LogP contribution in [0.3, 0.4) is 0 Å². The Balaban J connectivity index is 3.25. The summed E-state index contributed by atoms with van der Waals surface area (Å²) in [5, 5.41) is 27.9. The van der Waals surface area contributed by atoms with E-state index in [1.807, 2.05) is 0 Å². The highest BCUT2D eigenvalue weighted by Crippen LogP contribution is 2.13. The Hall–Kier alpha value is -0.120. The van der Waals surface area contributed by atoms with Gasteiger partial charge >= 0.3 is 0 Å². The predicted molar refractivity (Wildman–Crippen MR) is 70.9 cm³/mol. The van der Waals surface area contributed by atoms with E-state index in [2.05, 4.69) is 6.92 Å². The zero-order valence-electron chi connectivity index (χ0n) is 11.3. The third kappa shape index (κ3) is 12.1. The Morgan fingerprint density at radius 1 is 0.706 bits per heavy atom. The topological polar surface area (TPSA) is 60.7 Å². The quantitative estimate of drug-likeness (QED) is 0.464. The SMILES string of the molecule is CCCCC(O)CCCCC(O)CCCCO. The maximum atomic E-state index is 9.64. The Labute approximate surface area is 106 Å². The van der Waals surface area contributed by atoms with Crippen LogP contribution in [-0.2, 0) is 0 Å². The second kappa shape index (κ2) is 12.3. The summed E-state index contributed by atoms with van der Waals surface area (Å²) < 4.78 is 0. The van der Waals surface area contributed by atoms with Gasteiger partial charge in [0.25, 0.3) is 0 Å². The van der Waals surface area contributed by atoms with Crippen molar-refractivity contribution in [2.24, 2.45) is 0 Å². The molecule has 17 heavy (non-hydrogen) atoms. The first-order valence-corrected chi connectivity index (χ1v) is 7.17. The molecule has 3 N–H and O–H groups in total. The summed E-state index contributed by atoms with van der Waals surface area (Å²) in [6.07, 6.45) is 8.93. The fourth-order valence-electron chi connectivity index (χ4n) is 1.98. The van der Waals surface area contributed by atoms with Gasteiger partial charge in [0, 0.05) is 6.61 Å². The van der Waals surface area contributed by atoms with Gasteiger partial charge < -0.3 is 15.3 Å². The van der Waals surface area contributed by atoms with Gasteiger partial charge in [0.1, 0.15) is 0 Å². The first kappa shape index (κ1) is 16.9. The monoisotopic (exact) mass is 246 g/mol. The molecule has 0 saturated heterocycles. The second-order valence-electron chi connectivity index (χ2n) is 4.95. The summed E-state index contributed by atoms with van der Waals surface area (Å²) in [7, 11) is 0. The highest BCUT2D eigenvalue weighted by atomic mass is 16.3. The molecule has 0 aliphatic carbocycles. The molecule has 3 nitrogen and oxygen atoms in total. The van der Waals surface area contributed by atoms with Gasteiger partial charge in [-0.15, -0.1) is 0 Å². The van der Waals surface area contributed by atoms with Gasteiger partial charge in [0.05, 0.1) is 12.2 Å². The number of hydrogen-bond donors (Lipinski definition) is 3. The molecule has 2 unspecified atom stereocenters. The normalized spacial score (nSPS) is 14.8. The Morgan fingerprint density at radius 3 is 1.53 bits per heavy atom. The van der Waals surface area contributed by atoms with E-state index in [4.69, 9.17) is 5.11 Å². The zero-order chi connectivity index (χ0) is 12.9. The van der Waals surface area contributed by atoms with Crippen molar-refractivity contribution in [3.05, 3.63) is 0 Å². The van der Waals surface area contributed by atoms with Crippen LogP contribution in [0, 0.1) is 0 Å². The lowest BCUT2D eigenvalue weighted by molar-refractivity contribution is 0.131. The van der Waals surface area contributed by atoms with E-state index in [1.54, 1.807) is 0 Å². The minimum atomic E-state index is -0.227. The molecule has 0 fully saturated rings. The lowest BCUT2D eigenvalue weighted by atomic mass is 10.0. The molecule has 0 radical (unpaired) electrons. The van der Waals surface area contributed by atoms with Gasteiger partial charge in [-0.25, -0.2) is 0 Å². The van der Waals surface area contributed by atoms with E-state index in [0.29, 0.717) is 0 Å². The molecule has 0 saturated carbocycles. The Kier molecular flexibility index (Phi) is 12.3. The molecule has 0 aliphatic rings. The molecule has 104 valence electrons. The Morgan fingerprint density at radius 2 is 1.12 bits per heavy atom. The molecule has 0 amide bonds. The minimum Gasteiger partial charge on any atom is -0.396 e. The standard InChI is InChI=1S/C14H30O3/c1-2-3-8-13(16)9-4-5-10-14(17)11-6-7-12-15/h13-17H,2-12H2,1H3. The Bertz CT molecular complexity index is 150. The molecular weight excluding hydrogens is 216 g/mol. The van der Waals surface area contributed by atoms with E-state index in [0.717, 1.165) is 64.2 Å². The summed E-state index contributed by atoms with van der Waals surface area (Å²) in [4.78, 5) is 0. The summed E-state index contributed by atoms with van der Waals surface area (Å²) in [5.41, 5.74) is 0. The summed E-state index contributed by atoms with van der Waals surface area (Å²) in [5.74, 6) is 0. The largest absolute Gasteiger partial charge is 0.396 e. The fraction of sp³-hybridized carbons (Fsp3) is 1.00. The van der Waals surface area contributed by atoms with E-state index in [9.17, 15) is 10.2 Å². The molecule has 3 heteroatoms. The lowest BCUT2D eigenvalue weighted by Crippen LogP contribution is -2.09. The van der Waals surface area contributed by atoms with Crippen LogP contribution in [0.1, 0.15) is 71.1 Å². The molecule has 0 aromatic heterocycles. The third-order valence-corrected chi connectivity index (χ3v) is 3.16. The zero-order valence-corrected chi connectivity index (χ0v) is 11.3. The van der Waals surface area contributed by atoms with E-state index >= 15 is 0 Å². The van der Waals surface area contributed by atoms with Gasteiger partial charge in [-0.05, 0) is 38.5 Å². The number of rotatable bonds is 12. The molecule has 0 aromatic rings. The summed E-state index contributed by atoms with van der Waals surface area (Å²) >= 11 is 0. The van der Waals surface area contributed by atoms with Crippen molar-refractivity contribution >= 4 is 0 Å². The van der Waals surface area contributed by atoms with Crippen LogP contribution in [0.15, 0.2) is 0 Å². The average molecular weight is 246 g/mol. The van der Waals surface area contributed by atoms with Crippen molar-refractivity contribution in [1.82, 2.24) is 0 Å². The van der Waals surface area contributed by atoms with Crippen LogP contribution in [0.5, 0.6) is 0 Å². The maximum Gasteiger partial charge on any atom is 0.0540 e. The van der Waals surface area contributed by atoms with Crippen LogP contribution in [0.25, 0.3) is 0 Å². The predicted octanol–water partition coefficient (Wildman–Crippen LogP) is 2.62. The van der Waals surface area contributed by atoms with Crippen molar-refractivity contribution in [2.75, 3.05) is 6.61 Å². The molecule has 2 atom stereocenters. The molecule has 0 rings (SSSR count). The van der Waals surface area contributed by atoms with E-state index in [-0.39, 0.29) is 18.8 Å². The number of aliphatic hydroxyl groups excluding tert-OH is 3. The second-order valence-corrected chi connectivity index (χ2v) is 4.95. The van der Waals surface area contributed by atoms with Crippen molar-refractivity contribution in [3.63, 3.8) is 0 Å². The van der Waals surface area contributed by atoms with Gasteiger partial charge in [-0.3, -0.25) is 0 Å². The van der Waals surface area contributed by atoms with Crippen molar-refractivity contribution in [2.45, 2.75) is 83.3 Å². The van der Waals surface area contributed by atoms with E-state index < -0.39 is 0 Å². The number of hydrogen-bond acceptors (Lipinski definition) is 3. The van der Waals surface area contributed by atoms with Crippen LogP contribution in [0.4, 0.5) is 0 Å². The molecule has 0 bridgehead atoms. The average Bonchev–Trinajstić information content (AvgIpc) is 2.32. The summed E-state index contributed by atoms with van der Waals surface area (Å²) in [6, 6.07) is 0. The number of unbranched alkanes of at least 4 members (excludes halogenated alkanes) is 3. The van der Waals surface area contributed by atoms with Gasteiger partial charge in [-0.2, -0.15) is 0 Å². The van der Waals surface area contributed by atoms with Crippen LogP contribution < -0.4 is 0 Å². The smallest absolute Gasteiger partial charge is 0.0540 e. The lowest BCUT2D eigenvalue weighted by Gasteiger charge is -2.12.